The lowest BCUT2D eigenvalue weighted by molar-refractivity contribution is 0.271. The Morgan fingerprint density at radius 2 is 1.47 bits per heavy atom. The predicted octanol–water partition coefficient (Wildman–Crippen LogP) is 3.18. The molecule has 0 unspecified atom stereocenters. The molecule has 1 saturated carbocycles. The van der Waals surface area contributed by atoms with E-state index in [0.29, 0.717) is 17.8 Å². The summed E-state index contributed by atoms with van der Waals surface area (Å²) in [4.78, 5) is 0. The lowest BCUT2D eigenvalue weighted by Gasteiger charge is -2.03. The van der Waals surface area contributed by atoms with Gasteiger partial charge in [-0.25, -0.2) is 0 Å². The number of ether oxygens (including phenoxy) is 1. The minimum Gasteiger partial charge on any atom is -0.497 e. The first-order valence-corrected chi connectivity index (χ1v) is 6.65. The summed E-state index contributed by atoms with van der Waals surface area (Å²) < 4.78 is 5.18. The minimum atomic E-state index is 0.246. The van der Waals surface area contributed by atoms with Crippen molar-refractivity contribution in [3.05, 3.63) is 65.7 Å². The Hall–Kier alpha value is -1.80. The van der Waals surface area contributed by atoms with Gasteiger partial charge in [0.15, 0.2) is 0 Å². The molecule has 1 fully saturated rings. The van der Waals surface area contributed by atoms with Gasteiger partial charge in [-0.15, -0.1) is 0 Å². The van der Waals surface area contributed by atoms with E-state index >= 15 is 0 Å². The van der Waals surface area contributed by atoms with Gasteiger partial charge in [-0.2, -0.15) is 0 Å². The van der Waals surface area contributed by atoms with Crippen molar-refractivity contribution >= 4 is 0 Å². The summed E-state index contributed by atoms with van der Waals surface area (Å²) in [6, 6.07) is 18.6. The van der Waals surface area contributed by atoms with E-state index in [1.807, 2.05) is 18.2 Å². The van der Waals surface area contributed by atoms with E-state index in [0.717, 1.165) is 5.75 Å². The quantitative estimate of drug-likeness (QED) is 0.908. The van der Waals surface area contributed by atoms with Gasteiger partial charge in [0.2, 0.25) is 0 Å². The Kier molecular flexibility index (Phi) is 3.26. The van der Waals surface area contributed by atoms with Crippen LogP contribution in [0.25, 0.3) is 0 Å². The van der Waals surface area contributed by atoms with Gasteiger partial charge >= 0.3 is 0 Å². The first kappa shape index (κ1) is 12.2. The van der Waals surface area contributed by atoms with Gasteiger partial charge in [0, 0.05) is 6.61 Å². The molecule has 2 aromatic carbocycles. The van der Waals surface area contributed by atoms with Crippen molar-refractivity contribution in [2.75, 3.05) is 13.7 Å². The van der Waals surface area contributed by atoms with E-state index in [4.69, 9.17) is 4.74 Å². The second-order valence-corrected chi connectivity index (χ2v) is 5.08. The van der Waals surface area contributed by atoms with Gasteiger partial charge in [-0.3, -0.25) is 0 Å². The first-order valence-electron chi connectivity index (χ1n) is 6.65. The van der Waals surface area contributed by atoms with E-state index in [1.165, 1.54) is 11.1 Å². The van der Waals surface area contributed by atoms with Gasteiger partial charge in [-0.1, -0.05) is 42.5 Å². The van der Waals surface area contributed by atoms with Gasteiger partial charge in [0.05, 0.1) is 7.11 Å². The molecule has 0 heterocycles. The molecule has 1 aliphatic rings. The summed E-state index contributed by atoms with van der Waals surface area (Å²) in [6.07, 6.45) is 0. The lowest BCUT2D eigenvalue weighted by atomic mass is 10.0. The number of aliphatic hydroxyl groups is 1. The van der Waals surface area contributed by atoms with Crippen LogP contribution in [0.2, 0.25) is 0 Å². The molecule has 0 aliphatic heterocycles. The van der Waals surface area contributed by atoms with Crippen LogP contribution in [0.15, 0.2) is 54.6 Å². The summed E-state index contributed by atoms with van der Waals surface area (Å²) in [5.41, 5.74) is 2.61. The van der Waals surface area contributed by atoms with Crippen LogP contribution in [0.1, 0.15) is 23.0 Å². The molecule has 3 atom stereocenters. The number of hydrogen-bond acceptors (Lipinski definition) is 2. The van der Waals surface area contributed by atoms with Crippen LogP contribution >= 0.6 is 0 Å². The molecule has 98 valence electrons. The number of hydrogen-bond donors (Lipinski definition) is 1. The predicted molar refractivity (Wildman–Crippen MR) is 75.5 cm³/mol. The van der Waals surface area contributed by atoms with E-state index in [-0.39, 0.29) is 6.61 Å². The average molecular weight is 254 g/mol. The monoisotopic (exact) mass is 254 g/mol. The SMILES string of the molecule is COc1ccc([C@H]2[C@H](CO)[C@H]2c2ccccc2)cc1. The summed E-state index contributed by atoms with van der Waals surface area (Å²) >= 11 is 0. The largest absolute Gasteiger partial charge is 0.497 e. The number of rotatable bonds is 4. The highest BCUT2D eigenvalue weighted by molar-refractivity contribution is 5.41. The van der Waals surface area contributed by atoms with E-state index < -0.39 is 0 Å². The average Bonchev–Trinajstić information content (AvgIpc) is 3.22. The zero-order valence-electron chi connectivity index (χ0n) is 11.0. The number of methoxy groups -OCH3 is 1. The second kappa shape index (κ2) is 5.06. The van der Waals surface area contributed by atoms with Crippen molar-refractivity contribution in [1.82, 2.24) is 0 Å². The lowest BCUT2D eigenvalue weighted by Crippen LogP contribution is -1.89. The summed E-state index contributed by atoms with van der Waals surface area (Å²) in [5.74, 6) is 2.09. The van der Waals surface area contributed by atoms with Crippen LogP contribution in [0.4, 0.5) is 0 Å². The molecule has 0 spiro atoms. The zero-order chi connectivity index (χ0) is 13.2. The third-order valence-corrected chi connectivity index (χ3v) is 4.06. The highest BCUT2D eigenvalue weighted by Gasteiger charge is 2.50. The molecule has 1 aliphatic carbocycles. The van der Waals surface area contributed by atoms with Crippen LogP contribution < -0.4 is 4.74 Å². The fraction of sp³-hybridized carbons (Fsp3) is 0.294. The van der Waals surface area contributed by atoms with Crippen molar-refractivity contribution < 1.29 is 9.84 Å². The van der Waals surface area contributed by atoms with Crippen molar-refractivity contribution in [2.24, 2.45) is 5.92 Å². The van der Waals surface area contributed by atoms with Gasteiger partial charge in [-0.05, 0) is 41.0 Å². The minimum absolute atomic E-state index is 0.246. The Bertz CT molecular complexity index is 533. The van der Waals surface area contributed by atoms with E-state index in [9.17, 15) is 5.11 Å². The van der Waals surface area contributed by atoms with Crippen LogP contribution in [0, 0.1) is 5.92 Å². The van der Waals surface area contributed by atoms with Gasteiger partial charge < -0.3 is 9.84 Å². The maximum Gasteiger partial charge on any atom is 0.118 e. The molecule has 1 N–H and O–H groups in total. The highest BCUT2D eigenvalue weighted by Crippen LogP contribution is 2.60. The van der Waals surface area contributed by atoms with Crippen molar-refractivity contribution in [3.63, 3.8) is 0 Å². The van der Waals surface area contributed by atoms with Crippen molar-refractivity contribution in [3.8, 4) is 5.75 Å². The molecule has 3 rings (SSSR count). The third-order valence-electron chi connectivity index (χ3n) is 4.06. The van der Waals surface area contributed by atoms with Gasteiger partial charge in [0.25, 0.3) is 0 Å². The highest BCUT2D eigenvalue weighted by atomic mass is 16.5. The Labute approximate surface area is 113 Å². The fourth-order valence-corrected chi connectivity index (χ4v) is 3.01. The normalized spacial score (nSPS) is 25.1. The molecule has 0 radical (unpaired) electrons. The maximum atomic E-state index is 9.55. The second-order valence-electron chi connectivity index (χ2n) is 5.08. The Morgan fingerprint density at radius 1 is 0.895 bits per heavy atom. The molecule has 0 aromatic heterocycles. The maximum absolute atomic E-state index is 9.55. The molecule has 2 aromatic rings. The van der Waals surface area contributed by atoms with Crippen molar-refractivity contribution in [1.29, 1.82) is 0 Å². The molecule has 0 amide bonds. The molecule has 2 nitrogen and oxygen atoms in total. The standard InChI is InChI=1S/C17H18O2/c1-19-14-9-7-13(8-10-14)17-15(11-18)16(17)12-5-3-2-4-6-12/h2-10,15-18H,11H2,1H3/t15-,16-,17+/m1/s1. The Morgan fingerprint density at radius 3 is 2.00 bits per heavy atom. The fourth-order valence-electron chi connectivity index (χ4n) is 3.01. The van der Waals surface area contributed by atoms with Crippen LogP contribution in [0.3, 0.4) is 0 Å². The van der Waals surface area contributed by atoms with E-state index in [1.54, 1.807) is 7.11 Å². The zero-order valence-corrected chi connectivity index (χ0v) is 11.0. The smallest absolute Gasteiger partial charge is 0.118 e. The van der Waals surface area contributed by atoms with Crippen LogP contribution in [-0.4, -0.2) is 18.8 Å². The Balaban J connectivity index is 1.84. The number of benzene rings is 2. The molecule has 19 heavy (non-hydrogen) atoms. The molecular formula is C17H18O2. The third kappa shape index (κ3) is 2.24. The molecule has 0 saturated heterocycles. The van der Waals surface area contributed by atoms with Crippen LogP contribution in [0.5, 0.6) is 5.75 Å². The first-order chi connectivity index (χ1) is 9.35. The topological polar surface area (TPSA) is 29.5 Å². The molecular weight excluding hydrogens is 236 g/mol. The number of aliphatic hydroxyl groups excluding tert-OH is 1. The van der Waals surface area contributed by atoms with E-state index in [2.05, 4.69) is 36.4 Å². The molecule has 2 heteroatoms. The summed E-state index contributed by atoms with van der Waals surface area (Å²) in [7, 11) is 1.68. The van der Waals surface area contributed by atoms with Gasteiger partial charge in [0.1, 0.15) is 5.75 Å². The molecule has 0 bridgehead atoms. The van der Waals surface area contributed by atoms with Crippen molar-refractivity contribution in [2.45, 2.75) is 11.8 Å². The summed E-state index contributed by atoms with van der Waals surface area (Å²) in [5, 5.41) is 9.55. The van der Waals surface area contributed by atoms with Crippen LogP contribution in [-0.2, 0) is 0 Å². The summed E-state index contributed by atoms with van der Waals surface area (Å²) in [6.45, 7) is 0.246.